The van der Waals surface area contributed by atoms with E-state index in [0.717, 1.165) is 0 Å². The van der Waals surface area contributed by atoms with Gasteiger partial charge in [-0.25, -0.2) is 9.18 Å². The summed E-state index contributed by atoms with van der Waals surface area (Å²) in [6.45, 7) is -0.198. The largest absolute Gasteiger partial charge is 0.449 e. The highest BCUT2D eigenvalue weighted by molar-refractivity contribution is 5.99. The summed E-state index contributed by atoms with van der Waals surface area (Å²) in [4.78, 5) is 24.7. The molecule has 0 saturated carbocycles. The number of alkyl halides is 2. The smallest absolute Gasteiger partial charge is 0.387 e. The Bertz CT molecular complexity index is 1060. The van der Waals surface area contributed by atoms with E-state index >= 15 is 0 Å². The van der Waals surface area contributed by atoms with Gasteiger partial charge in [-0.1, -0.05) is 12.1 Å². The van der Waals surface area contributed by atoms with Gasteiger partial charge in [-0.15, -0.1) is 0 Å². The molecule has 9 heteroatoms. The number of hydrogen-bond donors (Lipinski definition) is 1. The molecule has 0 fully saturated rings. The fraction of sp³-hybridized carbons (Fsp3) is 0.200. The molecule has 6 nitrogen and oxygen atoms in total. The monoisotopic (exact) mass is 407 g/mol. The van der Waals surface area contributed by atoms with Gasteiger partial charge in [0.25, 0.3) is 5.91 Å². The number of anilines is 1. The number of halogens is 3. The second-order valence-corrected chi connectivity index (χ2v) is 6.11. The average molecular weight is 407 g/mol. The van der Waals surface area contributed by atoms with Gasteiger partial charge in [0, 0.05) is 10.9 Å². The lowest BCUT2D eigenvalue weighted by atomic mass is 10.1. The number of fused-ring (bicyclic) bond motifs is 1. The Morgan fingerprint density at radius 1 is 1.14 bits per heavy atom. The van der Waals surface area contributed by atoms with Crippen molar-refractivity contribution in [3.8, 4) is 5.75 Å². The summed E-state index contributed by atoms with van der Waals surface area (Å²) in [5, 5.41) is 2.78. The molecule has 1 heterocycles. The first-order valence-corrected chi connectivity index (χ1v) is 8.50. The molecule has 1 atom stereocenters. The summed E-state index contributed by atoms with van der Waals surface area (Å²) < 4.78 is 53.2. The van der Waals surface area contributed by atoms with E-state index in [1.807, 2.05) is 0 Å². The zero-order valence-corrected chi connectivity index (χ0v) is 15.4. The molecule has 0 spiro atoms. The van der Waals surface area contributed by atoms with Crippen LogP contribution in [0.15, 0.2) is 46.9 Å². The van der Waals surface area contributed by atoms with Crippen LogP contribution in [-0.4, -0.2) is 24.6 Å². The maximum Gasteiger partial charge on any atom is 0.387 e. The third-order valence-electron chi connectivity index (χ3n) is 4.10. The van der Waals surface area contributed by atoms with Gasteiger partial charge in [-0.05, 0) is 44.2 Å². The number of furan rings is 1. The minimum absolute atomic E-state index is 0.00362. The fourth-order valence-corrected chi connectivity index (χ4v) is 2.66. The first kappa shape index (κ1) is 20.2. The van der Waals surface area contributed by atoms with Crippen molar-refractivity contribution in [2.24, 2.45) is 0 Å². The number of para-hydroxylation sites is 2. The Balaban J connectivity index is 1.72. The normalized spacial score (nSPS) is 12.1. The zero-order chi connectivity index (χ0) is 21.1. The van der Waals surface area contributed by atoms with Gasteiger partial charge in [0.1, 0.15) is 17.1 Å². The number of ether oxygens (including phenoxy) is 2. The summed E-state index contributed by atoms with van der Waals surface area (Å²) in [7, 11) is 0. The standard InChI is InChI=1S/C20H16F3NO5/c1-10-13-9-12(21)7-8-15(13)28-17(10)19(26)27-11(2)18(25)24-14-5-3-4-6-16(14)29-20(22)23/h3-9,11,20H,1-2H3,(H,24,25). The molecule has 0 aliphatic carbocycles. The maximum atomic E-state index is 13.4. The molecule has 1 aromatic heterocycles. The van der Waals surface area contributed by atoms with E-state index in [-0.39, 0.29) is 17.2 Å². The average Bonchev–Trinajstić information content (AvgIpc) is 2.99. The lowest BCUT2D eigenvalue weighted by Gasteiger charge is -2.15. The number of rotatable bonds is 6. The van der Waals surface area contributed by atoms with Crippen LogP contribution in [0.25, 0.3) is 11.0 Å². The fourth-order valence-electron chi connectivity index (χ4n) is 2.66. The SMILES string of the molecule is Cc1c(C(=O)OC(C)C(=O)Nc2ccccc2OC(F)F)oc2ccc(F)cc12. The van der Waals surface area contributed by atoms with Crippen molar-refractivity contribution in [1.82, 2.24) is 0 Å². The molecule has 29 heavy (non-hydrogen) atoms. The summed E-state index contributed by atoms with van der Waals surface area (Å²) >= 11 is 0. The third-order valence-corrected chi connectivity index (χ3v) is 4.10. The number of carbonyl (C=O) groups excluding carboxylic acids is 2. The van der Waals surface area contributed by atoms with Crippen molar-refractivity contribution >= 4 is 28.5 Å². The molecule has 0 radical (unpaired) electrons. The molecule has 0 bridgehead atoms. The minimum atomic E-state index is -3.07. The molecule has 152 valence electrons. The second-order valence-electron chi connectivity index (χ2n) is 6.11. The highest BCUT2D eigenvalue weighted by Crippen LogP contribution is 2.28. The van der Waals surface area contributed by atoms with E-state index < -0.39 is 30.4 Å². The van der Waals surface area contributed by atoms with E-state index in [1.165, 1.54) is 49.4 Å². The number of aryl methyl sites for hydroxylation is 1. The van der Waals surface area contributed by atoms with Gasteiger partial charge >= 0.3 is 12.6 Å². The highest BCUT2D eigenvalue weighted by atomic mass is 19.3. The predicted molar refractivity (Wildman–Crippen MR) is 97.5 cm³/mol. The van der Waals surface area contributed by atoms with E-state index in [2.05, 4.69) is 10.1 Å². The molecule has 0 aliphatic rings. The van der Waals surface area contributed by atoms with Gasteiger partial charge in [-0.3, -0.25) is 4.79 Å². The van der Waals surface area contributed by atoms with Crippen molar-refractivity contribution in [3.63, 3.8) is 0 Å². The quantitative estimate of drug-likeness (QED) is 0.601. The predicted octanol–water partition coefficient (Wildman–Crippen LogP) is 4.67. The summed E-state index contributed by atoms with van der Waals surface area (Å²) in [6.07, 6.45) is -1.27. The van der Waals surface area contributed by atoms with Crippen LogP contribution in [0, 0.1) is 12.7 Å². The number of hydrogen-bond acceptors (Lipinski definition) is 5. The van der Waals surface area contributed by atoms with Gasteiger partial charge in [0.2, 0.25) is 5.76 Å². The van der Waals surface area contributed by atoms with Gasteiger partial charge in [-0.2, -0.15) is 8.78 Å². The Kier molecular flexibility index (Phi) is 5.76. The molecule has 0 saturated heterocycles. The van der Waals surface area contributed by atoms with Crippen LogP contribution < -0.4 is 10.1 Å². The molecular formula is C20H16F3NO5. The molecule has 2 aromatic carbocycles. The van der Waals surface area contributed by atoms with Crippen molar-refractivity contribution in [2.45, 2.75) is 26.6 Å². The molecule has 1 N–H and O–H groups in total. The second kappa shape index (κ2) is 8.26. The molecule has 3 rings (SSSR count). The van der Waals surface area contributed by atoms with Crippen molar-refractivity contribution in [1.29, 1.82) is 0 Å². The molecule has 1 unspecified atom stereocenters. The van der Waals surface area contributed by atoms with Crippen LogP contribution >= 0.6 is 0 Å². The van der Waals surface area contributed by atoms with Crippen LogP contribution in [0.3, 0.4) is 0 Å². The number of esters is 1. The number of benzene rings is 2. The lowest BCUT2D eigenvalue weighted by molar-refractivity contribution is -0.124. The van der Waals surface area contributed by atoms with Gasteiger partial charge in [0.15, 0.2) is 6.10 Å². The molecule has 3 aromatic rings. The minimum Gasteiger partial charge on any atom is -0.449 e. The third kappa shape index (κ3) is 4.50. The van der Waals surface area contributed by atoms with Crippen molar-refractivity contribution in [3.05, 3.63) is 59.6 Å². The molecule has 0 aliphatic heterocycles. The molecule has 1 amide bonds. The topological polar surface area (TPSA) is 77.8 Å². The van der Waals surface area contributed by atoms with Crippen molar-refractivity contribution in [2.75, 3.05) is 5.32 Å². The van der Waals surface area contributed by atoms with Crippen LogP contribution in [0.2, 0.25) is 0 Å². The van der Waals surface area contributed by atoms with Gasteiger partial charge < -0.3 is 19.2 Å². The zero-order valence-electron chi connectivity index (χ0n) is 15.4. The summed E-state index contributed by atoms with van der Waals surface area (Å²) in [6, 6.07) is 9.39. The Morgan fingerprint density at radius 3 is 2.59 bits per heavy atom. The van der Waals surface area contributed by atoms with E-state index in [4.69, 9.17) is 9.15 Å². The Morgan fingerprint density at radius 2 is 1.86 bits per heavy atom. The van der Waals surface area contributed by atoms with E-state index in [9.17, 15) is 22.8 Å². The summed E-state index contributed by atoms with van der Waals surface area (Å²) in [5.41, 5.74) is 0.662. The lowest BCUT2D eigenvalue weighted by Crippen LogP contribution is -2.30. The van der Waals surface area contributed by atoms with Crippen LogP contribution in [0.5, 0.6) is 5.75 Å². The van der Waals surface area contributed by atoms with E-state index in [1.54, 1.807) is 6.92 Å². The number of nitrogens with one attached hydrogen (secondary N) is 1. The van der Waals surface area contributed by atoms with Crippen LogP contribution in [0.1, 0.15) is 23.0 Å². The van der Waals surface area contributed by atoms with Crippen LogP contribution in [0.4, 0.5) is 18.9 Å². The Labute approximate surface area is 163 Å². The number of amides is 1. The molecular weight excluding hydrogens is 391 g/mol. The van der Waals surface area contributed by atoms with Gasteiger partial charge in [0.05, 0.1) is 5.69 Å². The maximum absolute atomic E-state index is 13.4. The number of carbonyl (C=O) groups is 2. The van der Waals surface area contributed by atoms with E-state index in [0.29, 0.717) is 16.5 Å². The van der Waals surface area contributed by atoms with Crippen LogP contribution in [-0.2, 0) is 9.53 Å². The first-order chi connectivity index (χ1) is 13.8. The highest BCUT2D eigenvalue weighted by Gasteiger charge is 2.25. The Hall–Kier alpha value is -3.49. The summed E-state index contributed by atoms with van der Waals surface area (Å²) in [5.74, 6) is -2.56. The first-order valence-electron chi connectivity index (χ1n) is 8.50. The van der Waals surface area contributed by atoms with Crippen molar-refractivity contribution < 1.29 is 36.7 Å².